The quantitative estimate of drug-likeness (QED) is 0.329. The minimum absolute atomic E-state index is 0.110. The van der Waals surface area contributed by atoms with Crippen molar-refractivity contribution in [2.45, 2.75) is 13.5 Å². The summed E-state index contributed by atoms with van der Waals surface area (Å²) in [6.45, 7) is 2.31. The minimum atomic E-state index is -0.869. The Hall–Kier alpha value is -3.42. The molecule has 1 amide bonds. The van der Waals surface area contributed by atoms with Crippen LogP contribution in [-0.2, 0) is 6.54 Å². The Balaban J connectivity index is 2.44. The first kappa shape index (κ1) is 16.9. The van der Waals surface area contributed by atoms with Crippen LogP contribution in [0.15, 0.2) is 39.8 Å². The van der Waals surface area contributed by atoms with Crippen LogP contribution < -0.4 is 0 Å². The Morgan fingerprint density at radius 3 is 2.54 bits per heavy atom. The predicted molar refractivity (Wildman–Crippen MR) is 86.0 cm³/mol. The molecule has 0 aliphatic heterocycles. The summed E-state index contributed by atoms with van der Waals surface area (Å²) in [5, 5.41) is 14.3. The third kappa shape index (κ3) is 3.49. The molecular weight excluding hydrogens is 314 g/mol. The topological polar surface area (TPSA) is 162 Å². The van der Waals surface area contributed by atoms with Crippen LogP contribution in [0.1, 0.15) is 17.3 Å². The van der Waals surface area contributed by atoms with Crippen LogP contribution in [0.3, 0.4) is 0 Å². The monoisotopic (exact) mass is 327 g/mol. The van der Waals surface area contributed by atoms with E-state index in [0.717, 1.165) is 0 Å². The molecule has 11 heteroatoms. The van der Waals surface area contributed by atoms with E-state index in [-0.39, 0.29) is 18.7 Å². The lowest BCUT2D eigenvalue weighted by Gasteiger charge is -2.26. The molecule has 1 aromatic carbocycles. The van der Waals surface area contributed by atoms with Crippen LogP contribution in [0.4, 0.5) is 0 Å². The summed E-state index contributed by atoms with van der Waals surface area (Å²) in [6, 6.07) is 4.86. The van der Waals surface area contributed by atoms with E-state index < -0.39 is 11.3 Å². The lowest BCUT2D eigenvalue weighted by atomic mass is 9.91. The normalized spacial score (nSPS) is 12.7. The third-order valence-electron chi connectivity index (χ3n) is 3.56. The molecule has 0 unspecified atom stereocenters. The largest absolute Gasteiger partial charge is 0.317 e. The lowest BCUT2D eigenvalue weighted by molar-refractivity contribution is 0.100. The molecule has 0 radical (unpaired) electrons. The molecule has 24 heavy (non-hydrogen) atoms. The summed E-state index contributed by atoms with van der Waals surface area (Å²) >= 11 is 0. The summed E-state index contributed by atoms with van der Waals surface area (Å²) in [7, 11) is 0. The van der Waals surface area contributed by atoms with Crippen molar-refractivity contribution >= 4 is 16.8 Å². The number of carbonyl (C=O) groups excluding carboxylic acids is 1. The maximum atomic E-state index is 11.6. The van der Waals surface area contributed by atoms with Crippen LogP contribution in [-0.4, -0.2) is 28.8 Å². The highest BCUT2D eigenvalue weighted by Crippen LogP contribution is 2.25. The van der Waals surface area contributed by atoms with Gasteiger partial charge in [-0.15, -0.1) is 4.91 Å². The van der Waals surface area contributed by atoms with E-state index in [0.29, 0.717) is 17.4 Å². The molecule has 0 aliphatic rings. The fourth-order valence-electron chi connectivity index (χ4n) is 2.38. The summed E-state index contributed by atoms with van der Waals surface area (Å²) in [4.78, 5) is 27.6. The molecule has 122 valence electrons. The van der Waals surface area contributed by atoms with Crippen molar-refractivity contribution in [3.63, 3.8) is 0 Å². The van der Waals surface area contributed by atoms with Gasteiger partial charge in [-0.05, 0) is 28.6 Å². The number of hydrogen-bond donors (Lipinski definition) is 0. The summed E-state index contributed by atoms with van der Waals surface area (Å²) in [6.07, 6.45) is 1.47. The molecule has 0 atom stereocenters. The van der Waals surface area contributed by atoms with Gasteiger partial charge in [-0.2, -0.15) is 5.10 Å². The van der Waals surface area contributed by atoms with Crippen LogP contribution in [0.5, 0.6) is 0 Å². The number of amides is 1. The number of benzene rings is 1. The van der Waals surface area contributed by atoms with Gasteiger partial charge in [0.05, 0.1) is 17.3 Å². The van der Waals surface area contributed by atoms with Crippen molar-refractivity contribution in [2.75, 3.05) is 13.1 Å². The minimum Gasteiger partial charge on any atom is -0.264 e. The summed E-state index contributed by atoms with van der Waals surface area (Å²) in [5.41, 5.74) is 17.2. The van der Waals surface area contributed by atoms with E-state index in [1.54, 1.807) is 23.7 Å². The van der Waals surface area contributed by atoms with Gasteiger partial charge in [0.15, 0.2) is 0 Å². The van der Waals surface area contributed by atoms with Crippen LogP contribution in [0.25, 0.3) is 31.8 Å². The zero-order valence-electron chi connectivity index (χ0n) is 12.8. The van der Waals surface area contributed by atoms with Crippen molar-refractivity contribution in [3.8, 4) is 0 Å². The number of aromatic nitrogens is 2. The predicted octanol–water partition coefficient (Wildman–Crippen LogP) is 3.57. The SMILES string of the molecule is CC(CN=[N+]=[N-])(CN=[N+]=[N-])Cn1ncc2c(C(=O)N=O)cccc21. The molecule has 0 saturated heterocycles. The molecule has 0 aliphatic carbocycles. The fourth-order valence-corrected chi connectivity index (χ4v) is 2.38. The van der Waals surface area contributed by atoms with Gasteiger partial charge in [0.25, 0.3) is 0 Å². The number of carbonyl (C=O) groups is 1. The lowest BCUT2D eigenvalue weighted by Crippen LogP contribution is -2.30. The van der Waals surface area contributed by atoms with Gasteiger partial charge in [-0.25, -0.2) is 0 Å². The van der Waals surface area contributed by atoms with Gasteiger partial charge >= 0.3 is 5.91 Å². The molecule has 2 aromatic rings. The van der Waals surface area contributed by atoms with E-state index in [1.807, 2.05) is 0 Å². The first-order valence-corrected chi connectivity index (χ1v) is 6.88. The number of fused-ring (bicyclic) bond motifs is 1. The highest BCUT2D eigenvalue weighted by molar-refractivity contribution is 6.06. The number of nitroso groups, excluding NO2 is 1. The first-order valence-electron chi connectivity index (χ1n) is 6.88. The van der Waals surface area contributed by atoms with E-state index in [2.05, 4.69) is 30.3 Å². The molecule has 0 fully saturated rings. The van der Waals surface area contributed by atoms with E-state index in [4.69, 9.17) is 11.1 Å². The van der Waals surface area contributed by atoms with Crippen LogP contribution in [0.2, 0.25) is 0 Å². The zero-order valence-corrected chi connectivity index (χ0v) is 12.8. The Kier molecular flexibility index (Phi) is 5.10. The van der Waals surface area contributed by atoms with Crippen molar-refractivity contribution < 1.29 is 4.79 Å². The second-order valence-electron chi connectivity index (χ2n) is 5.53. The zero-order chi connectivity index (χ0) is 17.6. The molecule has 0 saturated carbocycles. The van der Waals surface area contributed by atoms with Crippen LogP contribution in [0, 0.1) is 10.3 Å². The van der Waals surface area contributed by atoms with E-state index in [1.165, 1.54) is 12.3 Å². The highest BCUT2D eigenvalue weighted by atomic mass is 16.3. The molecule has 1 aromatic heterocycles. The maximum Gasteiger partial charge on any atom is 0.317 e. The van der Waals surface area contributed by atoms with Gasteiger partial charge in [0.2, 0.25) is 0 Å². The molecule has 11 nitrogen and oxygen atoms in total. The molecule has 0 bridgehead atoms. The highest BCUT2D eigenvalue weighted by Gasteiger charge is 2.25. The maximum absolute atomic E-state index is 11.6. The molecular formula is C13H13N9O2. The number of hydrogen-bond acceptors (Lipinski definition) is 5. The summed E-state index contributed by atoms with van der Waals surface area (Å²) in [5.74, 6) is -0.869. The Morgan fingerprint density at radius 2 is 1.96 bits per heavy atom. The van der Waals surface area contributed by atoms with Crippen molar-refractivity contribution in [1.29, 1.82) is 0 Å². The molecule has 1 heterocycles. The number of rotatable bonds is 7. The average molecular weight is 327 g/mol. The second-order valence-corrected chi connectivity index (χ2v) is 5.53. The number of nitrogens with zero attached hydrogens (tertiary/aromatic N) is 9. The summed E-state index contributed by atoms with van der Waals surface area (Å²) < 4.78 is 1.61. The average Bonchev–Trinajstić information content (AvgIpc) is 3.00. The number of azide groups is 2. The van der Waals surface area contributed by atoms with Gasteiger partial charge in [0.1, 0.15) is 0 Å². The molecule has 2 rings (SSSR count). The van der Waals surface area contributed by atoms with Gasteiger partial charge in [-0.3, -0.25) is 9.48 Å². The second kappa shape index (κ2) is 7.23. The van der Waals surface area contributed by atoms with E-state index >= 15 is 0 Å². The Bertz CT molecular complexity index is 855. The Labute approximate surface area is 135 Å². The van der Waals surface area contributed by atoms with Crippen LogP contribution >= 0.6 is 0 Å². The fraction of sp³-hybridized carbons (Fsp3) is 0.385. The first-order chi connectivity index (χ1) is 11.5. The molecule has 0 spiro atoms. The van der Waals surface area contributed by atoms with Crippen molar-refractivity contribution in [3.05, 3.63) is 55.8 Å². The Morgan fingerprint density at radius 1 is 1.29 bits per heavy atom. The van der Waals surface area contributed by atoms with Gasteiger partial charge in [0, 0.05) is 40.0 Å². The van der Waals surface area contributed by atoms with E-state index in [9.17, 15) is 9.70 Å². The third-order valence-corrected chi connectivity index (χ3v) is 3.56. The van der Waals surface area contributed by atoms with Crippen molar-refractivity contribution in [2.24, 2.45) is 20.8 Å². The standard InChI is InChI=1S/C13H13N9O2/c1-13(6-16-20-14,7-17-21-15)8-22-11-4-2-3-9(12(23)19-24)10(11)5-18-22/h2-5H,6-8H2,1H3. The smallest absolute Gasteiger partial charge is 0.264 e. The van der Waals surface area contributed by atoms with Gasteiger partial charge in [-0.1, -0.05) is 23.2 Å². The van der Waals surface area contributed by atoms with Crippen molar-refractivity contribution in [1.82, 2.24) is 9.78 Å². The molecule has 0 N–H and O–H groups in total. The van der Waals surface area contributed by atoms with Gasteiger partial charge < -0.3 is 0 Å².